The molecule has 4 aliphatic carbocycles. The summed E-state index contributed by atoms with van der Waals surface area (Å²) >= 11 is 0. The molecule has 1 heterocycles. The molecule has 4 saturated carbocycles. The maximum atomic E-state index is 13.2. The first-order valence-corrected chi connectivity index (χ1v) is 11.3. The Balaban J connectivity index is 1.25. The van der Waals surface area contributed by atoms with Gasteiger partial charge in [-0.1, -0.05) is 0 Å². The highest BCUT2D eigenvalue weighted by molar-refractivity contribution is 5.95. The third-order valence-corrected chi connectivity index (χ3v) is 7.12. The number of nitrogens with zero attached hydrogens (tertiary/aromatic N) is 2. The summed E-state index contributed by atoms with van der Waals surface area (Å²) in [5.41, 5.74) is 2.59. The summed E-state index contributed by atoms with van der Waals surface area (Å²) in [5, 5.41) is 9.70. The normalized spacial score (nSPS) is 28.9. The zero-order valence-corrected chi connectivity index (χ0v) is 17.9. The number of benzene rings is 1. The molecule has 1 amide bonds. The van der Waals surface area contributed by atoms with E-state index in [9.17, 15) is 4.79 Å². The molecule has 3 N–H and O–H groups in total. The average molecular weight is 406 g/mol. The SMILES string of the molecule is CCNc1nc(C)cc(Nc2ccc(NC(=O)C34CC5CC(CC(C5)C3)C4)cc2)n1. The van der Waals surface area contributed by atoms with Crippen LogP contribution in [0, 0.1) is 30.1 Å². The first-order valence-electron chi connectivity index (χ1n) is 11.3. The predicted octanol–water partition coefficient (Wildman–Crippen LogP) is 5.12. The predicted molar refractivity (Wildman–Crippen MR) is 120 cm³/mol. The van der Waals surface area contributed by atoms with Crippen LogP contribution >= 0.6 is 0 Å². The molecule has 30 heavy (non-hydrogen) atoms. The van der Waals surface area contributed by atoms with Crippen molar-refractivity contribution in [2.75, 3.05) is 22.5 Å². The molecular formula is C24H31N5O. The van der Waals surface area contributed by atoms with E-state index >= 15 is 0 Å². The molecule has 4 aliphatic rings. The maximum Gasteiger partial charge on any atom is 0.230 e. The summed E-state index contributed by atoms with van der Waals surface area (Å²) in [5.74, 6) is 3.94. The van der Waals surface area contributed by atoms with Crippen molar-refractivity contribution < 1.29 is 4.79 Å². The molecule has 1 aromatic heterocycles. The van der Waals surface area contributed by atoms with E-state index < -0.39 is 0 Å². The van der Waals surface area contributed by atoms with Crippen molar-refractivity contribution in [2.24, 2.45) is 23.2 Å². The third-order valence-electron chi connectivity index (χ3n) is 7.12. The van der Waals surface area contributed by atoms with Crippen LogP contribution in [0.3, 0.4) is 0 Å². The number of amides is 1. The lowest BCUT2D eigenvalue weighted by atomic mass is 9.49. The van der Waals surface area contributed by atoms with Gasteiger partial charge in [0.25, 0.3) is 0 Å². The van der Waals surface area contributed by atoms with Crippen molar-refractivity contribution in [3.63, 3.8) is 0 Å². The van der Waals surface area contributed by atoms with Gasteiger partial charge in [-0.3, -0.25) is 4.79 Å². The molecule has 4 bridgehead atoms. The number of hydrogen-bond acceptors (Lipinski definition) is 5. The van der Waals surface area contributed by atoms with E-state index in [-0.39, 0.29) is 11.3 Å². The molecule has 6 heteroatoms. The van der Waals surface area contributed by atoms with Gasteiger partial charge in [-0.2, -0.15) is 4.98 Å². The molecule has 1 aromatic carbocycles. The van der Waals surface area contributed by atoms with Gasteiger partial charge in [-0.05, 0) is 94.4 Å². The van der Waals surface area contributed by atoms with Crippen molar-refractivity contribution in [3.05, 3.63) is 36.0 Å². The molecule has 0 atom stereocenters. The van der Waals surface area contributed by atoms with Gasteiger partial charge in [0.2, 0.25) is 11.9 Å². The first-order chi connectivity index (χ1) is 14.5. The monoisotopic (exact) mass is 405 g/mol. The van der Waals surface area contributed by atoms with Crippen molar-refractivity contribution in [1.29, 1.82) is 0 Å². The van der Waals surface area contributed by atoms with E-state index in [4.69, 9.17) is 0 Å². The molecule has 4 fully saturated rings. The second kappa shape index (κ2) is 7.56. The van der Waals surface area contributed by atoms with Crippen LogP contribution in [-0.2, 0) is 4.79 Å². The number of nitrogens with one attached hydrogen (secondary N) is 3. The maximum absolute atomic E-state index is 13.2. The van der Waals surface area contributed by atoms with Crippen LogP contribution in [0.15, 0.2) is 30.3 Å². The Morgan fingerprint density at radius 2 is 1.60 bits per heavy atom. The fraction of sp³-hybridized carbons (Fsp3) is 0.542. The highest BCUT2D eigenvalue weighted by Gasteiger charge is 2.54. The minimum Gasteiger partial charge on any atom is -0.354 e. The van der Waals surface area contributed by atoms with Gasteiger partial charge in [-0.15, -0.1) is 0 Å². The topological polar surface area (TPSA) is 78.9 Å². The molecule has 0 spiro atoms. The highest BCUT2D eigenvalue weighted by atomic mass is 16.2. The molecule has 158 valence electrons. The van der Waals surface area contributed by atoms with E-state index in [1.807, 2.05) is 44.2 Å². The summed E-state index contributed by atoms with van der Waals surface area (Å²) in [6, 6.07) is 9.84. The lowest BCUT2D eigenvalue weighted by Gasteiger charge is -2.55. The van der Waals surface area contributed by atoms with Gasteiger partial charge >= 0.3 is 0 Å². The number of aromatic nitrogens is 2. The van der Waals surface area contributed by atoms with Crippen molar-refractivity contribution in [3.8, 4) is 0 Å². The average Bonchev–Trinajstić information content (AvgIpc) is 2.68. The quantitative estimate of drug-likeness (QED) is 0.622. The summed E-state index contributed by atoms with van der Waals surface area (Å²) in [4.78, 5) is 22.1. The van der Waals surface area contributed by atoms with Crippen LogP contribution in [0.2, 0.25) is 0 Å². The van der Waals surface area contributed by atoms with Crippen molar-refractivity contribution in [1.82, 2.24) is 9.97 Å². The van der Waals surface area contributed by atoms with Gasteiger partial charge in [-0.25, -0.2) is 4.98 Å². The first kappa shape index (κ1) is 19.3. The Hall–Kier alpha value is -2.63. The van der Waals surface area contributed by atoms with E-state index in [0.29, 0.717) is 5.95 Å². The Bertz CT molecular complexity index is 904. The van der Waals surface area contributed by atoms with Crippen LogP contribution in [0.4, 0.5) is 23.1 Å². The lowest BCUT2D eigenvalue weighted by molar-refractivity contribution is -0.140. The molecular weight excluding hydrogens is 374 g/mol. The van der Waals surface area contributed by atoms with Crippen molar-refractivity contribution in [2.45, 2.75) is 52.4 Å². The second-order valence-corrected chi connectivity index (χ2v) is 9.60. The van der Waals surface area contributed by atoms with E-state index in [2.05, 4.69) is 25.9 Å². The van der Waals surface area contributed by atoms with Crippen LogP contribution in [0.1, 0.15) is 51.1 Å². The fourth-order valence-corrected chi connectivity index (χ4v) is 6.31. The number of carbonyl (C=O) groups is 1. The van der Waals surface area contributed by atoms with Gasteiger partial charge in [0.1, 0.15) is 5.82 Å². The standard InChI is InChI=1S/C24H31N5O/c1-3-25-23-26-15(2)8-21(29-23)27-19-4-6-20(7-5-19)28-22(30)24-12-16-9-17(13-24)11-18(10-16)14-24/h4-8,16-18H,3,9-14H2,1-2H3,(H,28,30)(H2,25,26,27,29). The van der Waals surface area contributed by atoms with Gasteiger partial charge in [0, 0.05) is 29.7 Å². The minimum atomic E-state index is -0.118. The minimum absolute atomic E-state index is 0.118. The van der Waals surface area contributed by atoms with Crippen molar-refractivity contribution >= 4 is 29.0 Å². The van der Waals surface area contributed by atoms with Crippen LogP contribution < -0.4 is 16.0 Å². The number of aryl methyl sites for hydroxylation is 1. The molecule has 6 nitrogen and oxygen atoms in total. The van der Waals surface area contributed by atoms with Crippen LogP contribution in [-0.4, -0.2) is 22.4 Å². The molecule has 0 radical (unpaired) electrons. The summed E-state index contributed by atoms with van der Waals surface area (Å²) in [7, 11) is 0. The molecule has 0 unspecified atom stereocenters. The fourth-order valence-electron chi connectivity index (χ4n) is 6.31. The van der Waals surface area contributed by atoms with E-state index in [0.717, 1.165) is 66.4 Å². The van der Waals surface area contributed by atoms with Gasteiger partial charge in [0.15, 0.2) is 0 Å². The van der Waals surface area contributed by atoms with Crippen LogP contribution in [0.5, 0.6) is 0 Å². The number of rotatable bonds is 6. The zero-order valence-electron chi connectivity index (χ0n) is 17.9. The van der Waals surface area contributed by atoms with Gasteiger partial charge in [0.05, 0.1) is 5.41 Å². The Morgan fingerprint density at radius 3 is 2.20 bits per heavy atom. The second-order valence-electron chi connectivity index (χ2n) is 9.60. The third kappa shape index (κ3) is 3.75. The lowest BCUT2D eigenvalue weighted by Crippen LogP contribution is -2.51. The Labute approximate surface area is 178 Å². The Kier molecular flexibility index (Phi) is 4.88. The van der Waals surface area contributed by atoms with Crippen LogP contribution in [0.25, 0.3) is 0 Å². The smallest absolute Gasteiger partial charge is 0.230 e. The molecule has 6 rings (SSSR count). The zero-order chi connectivity index (χ0) is 20.7. The molecule has 0 saturated heterocycles. The number of anilines is 4. The largest absolute Gasteiger partial charge is 0.354 e. The van der Waals surface area contributed by atoms with E-state index in [1.54, 1.807) is 0 Å². The molecule has 2 aromatic rings. The number of carbonyl (C=O) groups excluding carboxylic acids is 1. The summed E-state index contributed by atoms with van der Waals surface area (Å²) in [6.45, 7) is 4.76. The van der Waals surface area contributed by atoms with Gasteiger partial charge < -0.3 is 16.0 Å². The number of hydrogen-bond donors (Lipinski definition) is 3. The highest BCUT2D eigenvalue weighted by Crippen LogP contribution is 2.60. The molecule has 0 aliphatic heterocycles. The Morgan fingerprint density at radius 1 is 1.00 bits per heavy atom. The summed E-state index contributed by atoms with van der Waals surface area (Å²) in [6.07, 6.45) is 7.32. The summed E-state index contributed by atoms with van der Waals surface area (Å²) < 4.78 is 0. The van der Waals surface area contributed by atoms with E-state index in [1.165, 1.54) is 19.3 Å².